The number of methoxy groups -OCH3 is 1. The van der Waals surface area contributed by atoms with Gasteiger partial charge in [0.05, 0.1) is 12.2 Å². The first-order valence-corrected chi connectivity index (χ1v) is 8.02. The van der Waals surface area contributed by atoms with Gasteiger partial charge in [-0.25, -0.2) is 19.6 Å². The van der Waals surface area contributed by atoms with E-state index in [0.29, 0.717) is 37.4 Å². The van der Waals surface area contributed by atoms with Crippen molar-refractivity contribution in [3.05, 3.63) is 23.0 Å². The average Bonchev–Trinajstić information content (AvgIpc) is 3.16. The molecular formula is C15H22N6O3. The lowest BCUT2D eigenvalue weighted by atomic mass is 10.2. The second kappa shape index (κ2) is 7.00. The van der Waals surface area contributed by atoms with E-state index in [2.05, 4.69) is 15.3 Å². The molecule has 0 spiro atoms. The lowest BCUT2D eigenvalue weighted by molar-refractivity contribution is 0.188. The van der Waals surface area contributed by atoms with Gasteiger partial charge >= 0.3 is 11.7 Å². The van der Waals surface area contributed by atoms with Crippen LogP contribution >= 0.6 is 0 Å². The molecule has 0 radical (unpaired) electrons. The Morgan fingerprint density at radius 2 is 2.33 bits per heavy atom. The predicted octanol–water partition coefficient (Wildman–Crippen LogP) is 0.123. The van der Waals surface area contributed by atoms with Crippen LogP contribution in [0.15, 0.2) is 17.3 Å². The number of amides is 2. The van der Waals surface area contributed by atoms with Crippen molar-refractivity contribution >= 4 is 17.2 Å². The SMILES string of the molecule is COCCCNC(=O)N1CC[C@H](n2c(=O)n(C)c3cncnc32)C1. The number of nitrogens with one attached hydrogen (secondary N) is 1. The van der Waals surface area contributed by atoms with E-state index in [1.165, 1.54) is 6.33 Å². The molecule has 1 atom stereocenters. The molecule has 9 nitrogen and oxygen atoms in total. The van der Waals surface area contributed by atoms with Crippen molar-refractivity contribution in [2.75, 3.05) is 33.4 Å². The molecule has 2 amide bonds. The van der Waals surface area contributed by atoms with Crippen LogP contribution in [0.5, 0.6) is 0 Å². The minimum absolute atomic E-state index is 0.0687. The van der Waals surface area contributed by atoms with Gasteiger partial charge < -0.3 is 15.0 Å². The van der Waals surface area contributed by atoms with E-state index < -0.39 is 0 Å². The number of imidazole rings is 1. The third-order valence-electron chi connectivity index (χ3n) is 4.37. The number of nitrogens with zero attached hydrogens (tertiary/aromatic N) is 5. The molecule has 0 bridgehead atoms. The Labute approximate surface area is 139 Å². The number of hydrogen-bond acceptors (Lipinski definition) is 5. The number of rotatable bonds is 5. The quantitative estimate of drug-likeness (QED) is 0.784. The topological polar surface area (TPSA) is 94.3 Å². The maximum absolute atomic E-state index is 12.5. The second-order valence-corrected chi connectivity index (χ2v) is 5.91. The molecule has 130 valence electrons. The molecule has 1 saturated heterocycles. The summed E-state index contributed by atoms with van der Waals surface area (Å²) in [5, 5.41) is 2.88. The fourth-order valence-electron chi connectivity index (χ4n) is 3.08. The highest BCUT2D eigenvalue weighted by atomic mass is 16.5. The molecule has 2 aromatic heterocycles. The number of aryl methyl sites for hydroxylation is 1. The number of carbonyl (C=O) groups excluding carboxylic acids is 1. The predicted molar refractivity (Wildman–Crippen MR) is 87.9 cm³/mol. The monoisotopic (exact) mass is 334 g/mol. The summed E-state index contributed by atoms with van der Waals surface area (Å²) < 4.78 is 8.18. The third-order valence-corrected chi connectivity index (χ3v) is 4.37. The van der Waals surface area contributed by atoms with Crippen LogP contribution in [0.2, 0.25) is 0 Å². The van der Waals surface area contributed by atoms with E-state index in [4.69, 9.17) is 4.74 Å². The molecule has 0 aliphatic carbocycles. The minimum atomic E-state index is -0.127. The fraction of sp³-hybridized carbons (Fsp3) is 0.600. The molecule has 3 rings (SSSR count). The Morgan fingerprint density at radius 3 is 3.12 bits per heavy atom. The molecule has 0 unspecified atom stereocenters. The van der Waals surface area contributed by atoms with Crippen molar-refractivity contribution in [2.24, 2.45) is 7.05 Å². The van der Waals surface area contributed by atoms with Crippen molar-refractivity contribution in [3.8, 4) is 0 Å². The van der Waals surface area contributed by atoms with Crippen molar-refractivity contribution in [1.82, 2.24) is 29.3 Å². The van der Waals surface area contributed by atoms with Crippen LogP contribution in [0.3, 0.4) is 0 Å². The van der Waals surface area contributed by atoms with Crippen LogP contribution < -0.4 is 11.0 Å². The molecule has 24 heavy (non-hydrogen) atoms. The summed E-state index contributed by atoms with van der Waals surface area (Å²) in [4.78, 5) is 34.7. The Hall–Kier alpha value is -2.42. The molecule has 1 aliphatic rings. The molecule has 3 heterocycles. The Morgan fingerprint density at radius 1 is 1.50 bits per heavy atom. The average molecular weight is 334 g/mol. The highest BCUT2D eigenvalue weighted by Gasteiger charge is 2.30. The van der Waals surface area contributed by atoms with E-state index in [1.807, 2.05) is 0 Å². The van der Waals surface area contributed by atoms with E-state index in [1.54, 1.807) is 34.4 Å². The summed E-state index contributed by atoms with van der Waals surface area (Å²) in [6.45, 7) is 2.32. The van der Waals surface area contributed by atoms with Gasteiger partial charge in [0.25, 0.3) is 0 Å². The zero-order valence-electron chi connectivity index (χ0n) is 13.9. The van der Waals surface area contributed by atoms with E-state index in [-0.39, 0.29) is 17.8 Å². The summed E-state index contributed by atoms with van der Waals surface area (Å²) in [6, 6.07) is -0.169. The number of likely N-dealkylation sites (tertiary alicyclic amines) is 1. The number of ether oxygens (including phenoxy) is 1. The van der Waals surface area contributed by atoms with Crippen LogP contribution in [0.25, 0.3) is 11.2 Å². The molecule has 1 N–H and O–H groups in total. The van der Waals surface area contributed by atoms with Crippen molar-refractivity contribution < 1.29 is 9.53 Å². The van der Waals surface area contributed by atoms with Crippen molar-refractivity contribution in [2.45, 2.75) is 18.9 Å². The molecule has 0 aromatic carbocycles. The van der Waals surface area contributed by atoms with Gasteiger partial charge in [-0.05, 0) is 12.8 Å². The molecule has 2 aromatic rings. The van der Waals surface area contributed by atoms with Crippen molar-refractivity contribution in [3.63, 3.8) is 0 Å². The standard InChI is InChI=1S/C15H22N6O3/c1-19-12-8-16-10-18-13(12)21(15(19)23)11-4-6-20(9-11)14(22)17-5-3-7-24-2/h8,10-11H,3-7,9H2,1-2H3,(H,17,22)/t11-/m0/s1. The largest absolute Gasteiger partial charge is 0.385 e. The van der Waals surface area contributed by atoms with Gasteiger partial charge in [-0.15, -0.1) is 0 Å². The Balaban J connectivity index is 1.71. The first-order chi connectivity index (χ1) is 11.6. The van der Waals surface area contributed by atoms with Gasteiger partial charge in [0.1, 0.15) is 11.8 Å². The number of hydrogen-bond donors (Lipinski definition) is 1. The van der Waals surface area contributed by atoms with Gasteiger partial charge in [-0.1, -0.05) is 0 Å². The van der Waals surface area contributed by atoms with Gasteiger partial charge in [-0.2, -0.15) is 0 Å². The summed E-state index contributed by atoms with van der Waals surface area (Å²) in [5.74, 6) is 0. The number of urea groups is 1. The zero-order chi connectivity index (χ0) is 17.1. The maximum Gasteiger partial charge on any atom is 0.330 e. The number of aromatic nitrogens is 4. The smallest absolute Gasteiger partial charge is 0.330 e. The normalized spacial score (nSPS) is 17.6. The third kappa shape index (κ3) is 2.99. The van der Waals surface area contributed by atoms with E-state index in [9.17, 15) is 9.59 Å². The van der Waals surface area contributed by atoms with Crippen molar-refractivity contribution in [1.29, 1.82) is 0 Å². The van der Waals surface area contributed by atoms with E-state index >= 15 is 0 Å². The first kappa shape index (κ1) is 16.4. The highest BCUT2D eigenvalue weighted by Crippen LogP contribution is 2.23. The molecule has 1 aliphatic heterocycles. The highest BCUT2D eigenvalue weighted by molar-refractivity contribution is 5.74. The number of fused-ring (bicyclic) bond motifs is 1. The molecule has 9 heteroatoms. The van der Waals surface area contributed by atoms with Crippen LogP contribution in [0.4, 0.5) is 4.79 Å². The zero-order valence-corrected chi connectivity index (χ0v) is 13.9. The summed E-state index contributed by atoms with van der Waals surface area (Å²) >= 11 is 0. The summed E-state index contributed by atoms with van der Waals surface area (Å²) in [6.07, 6.45) is 4.58. The molecule has 1 fully saturated rings. The van der Waals surface area contributed by atoms with Gasteiger partial charge in [0, 0.05) is 40.4 Å². The summed E-state index contributed by atoms with van der Waals surface area (Å²) in [7, 11) is 3.35. The van der Waals surface area contributed by atoms with Gasteiger partial charge in [0.15, 0.2) is 5.65 Å². The maximum atomic E-state index is 12.5. The molecular weight excluding hydrogens is 312 g/mol. The van der Waals surface area contributed by atoms with Crippen LogP contribution in [-0.4, -0.2) is 63.4 Å². The second-order valence-electron chi connectivity index (χ2n) is 5.91. The first-order valence-electron chi connectivity index (χ1n) is 8.02. The van der Waals surface area contributed by atoms with Crippen LogP contribution in [0, 0.1) is 0 Å². The minimum Gasteiger partial charge on any atom is -0.385 e. The Kier molecular flexibility index (Phi) is 4.79. The summed E-state index contributed by atoms with van der Waals surface area (Å²) in [5.41, 5.74) is 1.19. The lowest BCUT2D eigenvalue weighted by Gasteiger charge is -2.17. The van der Waals surface area contributed by atoms with Gasteiger partial charge in [-0.3, -0.25) is 9.13 Å². The fourth-order valence-corrected chi connectivity index (χ4v) is 3.08. The van der Waals surface area contributed by atoms with Crippen LogP contribution in [-0.2, 0) is 11.8 Å². The number of carbonyl (C=O) groups is 1. The lowest BCUT2D eigenvalue weighted by Crippen LogP contribution is -2.39. The van der Waals surface area contributed by atoms with Gasteiger partial charge in [0.2, 0.25) is 0 Å². The van der Waals surface area contributed by atoms with Crippen LogP contribution in [0.1, 0.15) is 18.9 Å². The molecule has 0 saturated carbocycles. The Bertz CT molecular complexity index is 783. The van der Waals surface area contributed by atoms with E-state index in [0.717, 1.165) is 12.8 Å².